The number of anilines is 1. The maximum Gasteiger partial charge on any atom is 0.122 e. The minimum Gasteiger partial charge on any atom is -0.467 e. The van der Waals surface area contributed by atoms with Gasteiger partial charge >= 0.3 is 0 Å². The van der Waals surface area contributed by atoms with E-state index in [1.54, 1.807) is 6.26 Å². The average Bonchev–Trinajstić information content (AvgIpc) is 2.97. The van der Waals surface area contributed by atoms with Gasteiger partial charge in [0, 0.05) is 5.69 Å². The predicted octanol–water partition coefficient (Wildman–Crippen LogP) is 2.78. The van der Waals surface area contributed by atoms with Gasteiger partial charge in [-0.15, -0.1) is 0 Å². The zero-order chi connectivity index (χ0) is 10.8. The highest BCUT2D eigenvalue weighted by atomic mass is 16.3. The number of pyridine rings is 1. The lowest BCUT2D eigenvalue weighted by atomic mass is 10.2. The van der Waals surface area contributed by atoms with Crippen molar-refractivity contribution >= 4 is 5.69 Å². The SMILES string of the molecule is c1coc(CNc2cnc3c(c2)CCC3)c1. The number of rotatable bonds is 3. The number of hydrogen-bond donors (Lipinski definition) is 1. The summed E-state index contributed by atoms with van der Waals surface area (Å²) in [5.41, 5.74) is 3.74. The molecule has 3 rings (SSSR count). The minimum atomic E-state index is 0.716. The van der Waals surface area contributed by atoms with Crippen LogP contribution >= 0.6 is 0 Å². The lowest BCUT2D eigenvalue weighted by Crippen LogP contribution is -2.00. The fraction of sp³-hybridized carbons (Fsp3) is 0.308. The lowest BCUT2D eigenvalue weighted by molar-refractivity contribution is 0.518. The zero-order valence-electron chi connectivity index (χ0n) is 9.07. The summed E-state index contributed by atoms with van der Waals surface area (Å²) in [6, 6.07) is 6.07. The van der Waals surface area contributed by atoms with Crippen molar-refractivity contribution in [3.63, 3.8) is 0 Å². The summed E-state index contributed by atoms with van der Waals surface area (Å²) in [6.07, 6.45) is 7.14. The first-order valence-corrected chi connectivity index (χ1v) is 5.66. The second kappa shape index (κ2) is 4.00. The molecule has 3 nitrogen and oxygen atoms in total. The van der Waals surface area contributed by atoms with Crippen LogP contribution in [0.1, 0.15) is 23.4 Å². The first-order valence-electron chi connectivity index (χ1n) is 5.66. The lowest BCUT2D eigenvalue weighted by Gasteiger charge is -2.06. The van der Waals surface area contributed by atoms with Crippen molar-refractivity contribution in [3.05, 3.63) is 47.7 Å². The second-order valence-electron chi connectivity index (χ2n) is 4.12. The molecule has 0 saturated carbocycles. The van der Waals surface area contributed by atoms with Crippen molar-refractivity contribution in [3.8, 4) is 0 Å². The maximum absolute atomic E-state index is 5.26. The molecular formula is C13H14N2O. The summed E-state index contributed by atoms with van der Waals surface area (Å²) in [5.74, 6) is 0.945. The van der Waals surface area contributed by atoms with E-state index in [0.717, 1.165) is 17.9 Å². The van der Waals surface area contributed by atoms with Crippen LogP contribution in [0, 0.1) is 0 Å². The summed E-state index contributed by atoms with van der Waals surface area (Å²) < 4.78 is 5.26. The largest absolute Gasteiger partial charge is 0.467 e. The molecule has 0 bridgehead atoms. The summed E-state index contributed by atoms with van der Waals surface area (Å²) >= 11 is 0. The molecule has 0 spiro atoms. The first kappa shape index (κ1) is 9.46. The maximum atomic E-state index is 5.26. The molecule has 0 aromatic carbocycles. The fourth-order valence-corrected chi connectivity index (χ4v) is 2.13. The molecule has 82 valence electrons. The number of furan rings is 1. The average molecular weight is 214 g/mol. The van der Waals surface area contributed by atoms with Crippen molar-refractivity contribution in [1.29, 1.82) is 0 Å². The normalized spacial score (nSPS) is 13.8. The molecule has 2 heterocycles. The van der Waals surface area contributed by atoms with E-state index in [9.17, 15) is 0 Å². The van der Waals surface area contributed by atoms with Crippen LogP contribution in [-0.4, -0.2) is 4.98 Å². The van der Waals surface area contributed by atoms with E-state index in [1.807, 2.05) is 18.3 Å². The third kappa shape index (κ3) is 1.81. The van der Waals surface area contributed by atoms with E-state index >= 15 is 0 Å². The van der Waals surface area contributed by atoms with Crippen LogP contribution in [0.15, 0.2) is 35.1 Å². The summed E-state index contributed by atoms with van der Waals surface area (Å²) in [4.78, 5) is 4.47. The molecule has 2 aromatic heterocycles. The highest BCUT2D eigenvalue weighted by Gasteiger charge is 2.12. The van der Waals surface area contributed by atoms with Crippen molar-refractivity contribution in [2.24, 2.45) is 0 Å². The van der Waals surface area contributed by atoms with Crippen LogP contribution in [0.3, 0.4) is 0 Å². The molecule has 1 aliphatic carbocycles. The van der Waals surface area contributed by atoms with Gasteiger partial charge in [0.2, 0.25) is 0 Å². The van der Waals surface area contributed by atoms with Crippen LogP contribution in [0.4, 0.5) is 5.69 Å². The molecule has 0 fully saturated rings. The highest BCUT2D eigenvalue weighted by molar-refractivity contribution is 5.46. The molecule has 3 heteroatoms. The Morgan fingerprint density at radius 1 is 1.38 bits per heavy atom. The van der Waals surface area contributed by atoms with Gasteiger partial charge in [0.1, 0.15) is 5.76 Å². The van der Waals surface area contributed by atoms with Gasteiger partial charge in [-0.05, 0) is 43.0 Å². The summed E-state index contributed by atoms with van der Waals surface area (Å²) in [6.45, 7) is 0.716. The highest BCUT2D eigenvalue weighted by Crippen LogP contribution is 2.22. The Hall–Kier alpha value is -1.77. The zero-order valence-corrected chi connectivity index (χ0v) is 9.07. The monoisotopic (exact) mass is 214 g/mol. The van der Waals surface area contributed by atoms with Gasteiger partial charge in [-0.25, -0.2) is 0 Å². The van der Waals surface area contributed by atoms with Gasteiger partial charge in [-0.2, -0.15) is 0 Å². The minimum absolute atomic E-state index is 0.716. The Morgan fingerprint density at radius 3 is 3.25 bits per heavy atom. The molecular weight excluding hydrogens is 200 g/mol. The van der Waals surface area contributed by atoms with Crippen molar-refractivity contribution < 1.29 is 4.42 Å². The Bertz CT molecular complexity index is 477. The molecule has 1 aliphatic rings. The smallest absolute Gasteiger partial charge is 0.122 e. The molecule has 0 atom stereocenters. The van der Waals surface area contributed by atoms with E-state index < -0.39 is 0 Å². The summed E-state index contributed by atoms with van der Waals surface area (Å²) in [7, 11) is 0. The molecule has 2 aromatic rings. The third-order valence-electron chi connectivity index (χ3n) is 2.97. The molecule has 0 saturated heterocycles. The Labute approximate surface area is 94.5 Å². The first-order chi connectivity index (χ1) is 7.92. The van der Waals surface area contributed by atoms with Crippen molar-refractivity contribution in [1.82, 2.24) is 4.98 Å². The van der Waals surface area contributed by atoms with E-state index in [1.165, 1.54) is 24.1 Å². The van der Waals surface area contributed by atoms with Crippen molar-refractivity contribution in [2.75, 3.05) is 5.32 Å². The predicted molar refractivity (Wildman–Crippen MR) is 62.3 cm³/mol. The van der Waals surface area contributed by atoms with E-state index in [4.69, 9.17) is 4.42 Å². The Balaban J connectivity index is 1.71. The van der Waals surface area contributed by atoms with Crippen LogP contribution in [0.2, 0.25) is 0 Å². The molecule has 0 aliphatic heterocycles. The Kier molecular flexibility index (Phi) is 2.37. The molecule has 0 unspecified atom stereocenters. The molecule has 0 radical (unpaired) electrons. The third-order valence-corrected chi connectivity index (χ3v) is 2.97. The van der Waals surface area contributed by atoms with Crippen LogP contribution < -0.4 is 5.32 Å². The standard InChI is InChI=1S/C13H14N2O/c1-3-10-7-11(8-15-13(10)5-1)14-9-12-4-2-6-16-12/h2,4,6-8,14H,1,3,5,9H2. The number of aryl methyl sites for hydroxylation is 2. The van der Waals surface area contributed by atoms with Gasteiger partial charge in [0.05, 0.1) is 24.7 Å². The van der Waals surface area contributed by atoms with E-state index in [2.05, 4.69) is 16.4 Å². The van der Waals surface area contributed by atoms with E-state index in [-0.39, 0.29) is 0 Å². The number of fused-ring (bicyclic) bond motifs is 1. The fourth-order valence-electron chi connectivity index (χ4n) is 2.13. The van der Waals surface area contributed by atoms with Crippen molar-refractivity contribution in [2.45, 2.75) is 25.8 Å². The van der Waals surface area contributed by atoms with Crippen LogP contribution in [-0.2, 0) is 19.4 Å². The van der Waals surface area contributed by atoms with Crippen LogP contribution in [0.5, 0.6) is 0 Å². The van der Waals surface area contributed by atoms with Gasteiger partial charge in [-0.3, -0.25) is 4.98 Å². The summed E-state index contributed by atoms with van der Waals surface area (Å²) in [5, 5.41) is 3.32. The number of hydrogen-bond acceptors (Lipinski definition) is 3. The number of aromatic nitrogens is 1. The van der Waals surface area contributed by atoms with E-state index in [0.29, 0.717) is 6.54 Å². The van der Waals surface area contributed by atoms with Gasteiger partial charge in [0.15, 0.2) is 0 Å². The molecule has 1 N–H and O–H groups in total. The van der Waals surface area contributed by atoms with Gasteiger partial charge < -0.3 is 9.73 Å². The Morgan fingerprint density at radius 2 is 2.38 bits per heavy atom. The number of nitrogens with zero attached hydrogens (tertiary/aromatic N) is 1. The number of nitrogens with one attached hydrogen (secondary N) is 1. The van der Waals surface area contributed by atoms with Gasteiger partial charge in [0.25, 0.3) is 0 Å². The second-order valence-corrected chi connectivity index (χ2v) is 4.12. The van der Waals surface area contributed by atoms with Gasteiger partial charge in [-0.1, -0.05) is 0 Å². The topological polar surface area (TPSA) is 38.1 Å². The molecule has 16 heavy (non-hydrogen) atoms. The quantitative estimate of drug-likeness (QED) is 0.853. The molecule has 0 amide bonds. The van der Waals surface area contributed by atoms with Crippen LogP contribution in [0.25, 0.3) is 0 Å².